The van der Waals surface area contributed by atoms with Crippen LogP contribution in [0.15, 0.2) is 60.7 Å². The molecule has 0 bridgehead atoms. The molecule has 2 N–H and O–H groups in total. The summed E-state index contributed by atoms with van der Waals surface area (Å²) in [4.78, 5) is 15.8. The fourth-order valence-corrected chi connectivity index (χ4v) is 2.11. The fraction of sp³-hybridized carbons (Fsp3) is 0. The molecule has 0 aliphatic heterocycles. The smallest absolute Gasteiger partial charge is 0.288 e. The van der Waals surface area contributed by atoms with Crippen molar-refractivity contribution < 1.29 is 10.0 Å². The van der Waals surface area contributed by atoms with E-state index in [1.165, 1.54) is 0 Å². The molecular formula is C18H12N2O2. The Bertz CT molecular complexity index is 893. The van der Waals surface area contributed by atoms with Gasteiger partial charge >= 0.3 is 0 Å². The van der Waals surface area contributed by atoms with Gasteiger partial charge in [0.1, 0.15) is 5.69 Å². The Morgan fingerprint density at radius 2 is 1.73 bits per heavy atom. The molecule has 4 heteroatoms. The molecule has 0 aliphatic rings. The van der Waals surface area contributed by atoms with Crippen LogP contribution in [0.5, 0.6) is 0 Å². The number of hydrogen-bond donors (Lipinski definition) is 2. The minimum Gasteiger partial charge on any atom is -0.288 e. The standard InChI is InChI=1S/C18H12N2O2/c21-18(20-22)17-12-14(11-10-13-6-2-1-3-7-13)15-8-4-5-9-16(15)19-17/h1-9,12,22H,(H,20,21). The third kappa shape index (κ3) is 2.80. The number of nitrogens with zero attached hydrogens (tertiary/aromatic N) is 1. The van der Waals surface area contributed by atoms with Gasteiger partial charge in [-0.25, -0.2) is 10.5 Å². The van der Waals surface area contributed by atoms with Gasteiger partial charge in [-0.05, 0) is 24.3 Å². The molecule has 4 nitrogen and oxygen atoms in total. The Morgan fingerprint density at radius 1 is 1.00 bits per heavy atom. The molecule has 0 fully saturated rings. The topological polar surface area (TPSA) is 62.2 Å². The van der Waals surface area contributed by atoms with Crippen LogP contribution in [0.4, 0.5) is 0 Å². The van der Waals surface area contributed by atoms with E-state index in [4.69, 9.17) is 5.21 Å². The molecule has 3 rings (SSSR count). The normalized spacial score (nSPS) is 9.86. The summed E-state index contributed by atoms with van der Waals surface area (Å²) < 4.78 is 0. The number of hydrogen-bond acceptors (Lipinski definition) is 3. The summed E-state index contributed by atoms with van der Waals surface area (Å²) >= 11 is 0. The van der Waals surface area contributed by atoms with Gasteiger partial charge in [-0.3, -0.25) is 10.0 Å². The Morgan fingerprint density at radius 3 is 2.50 bits per heavy atom. The van der Waals surface area contributed by atoms with Crippen LogP contribution in [0.2, 0.25) is 0 Å². The highest BCUT2D eigenvalue weighted by molar-refractivity contribution is 5.96. The molecule has 106 valence electrons. The quantitative estimate of drug-likeness (QED) is 0.411. The number of amides is 1. The summed E-state index contributed by atoms with van der Waals surface area (Å²) in [5.74, 6) is 5.48. The minimum atomic E-state index is -0.659. The first kappa shape index (κ1) is 13.8. The second-order valence-electron chi connectivity index (χ2n) is 4.63. The molecule has 0 spiro atoms. The van der Waals surface area contributed by atoms with Crippen LogP contribution in [0.25, 0.3) is 10.9 Å². The van der Waals surface area contributed by atoms with E-state index in [-0.39, 0.29) is 5.69 Å². The summed E-state index contributed by atoms with van der Waals surface area (Å²) in [6.07, 6.45) is 0. The number of pyridine rings is 1. The van der Waals surface area contributed by atoms with Gasteiger partial charge in [-0.1, -0.05) is 48.2 Å². The Kier molecular flexibility index (Phi) is 3.82. The van der Waals surface area contributed by atoms with Gasteiger partial charge in [0.25, 0.3) is 5.91 Å². The van der Waals surface area contributed by atoms with Crippen LogP contribution in [0.3, 0.4) is 0 Å². The van der Waals surface area contributed by atoms with E-state index < -0.39 is 5.91 Å². The zero-order chi connectivity index (χ0) is 15.4. The van der Waals surface area contributed by atoms with Crippen molar-refractivity contribution in [2.45, 2.75) is 0 Å². The van der Waals surface area contributed by atoms with Crippen molar-refractivity contribution >= 4 is 16.8 Å². The first-order valence-corrected chi connectivity index (χ1v) is 6.69. The predicted molar refractivity (Wildman–Crippen MR) is 83.4 cm³/mol. The van der Waals surface area contributed by atoms with Crippen molar-refractivity contribution in [2.24, 2.45) is 0 Å². The molecular weight excluding hydrogens is 276 g/mol. The maximum atomic E-state index is 11.6. The number of aromatic nitrogens is 1. The Hall–Kier alpha value is -3.16. The molecule has 0 aliphatic carbocycles. The second-order valence-corrected chi connectivity index (χ2v) is 4.63. The van der Waals surface area contributed by atoms with Crippen molar-refractivity contribution in [3.63, 3.8) is 0 Å². The number of para-hydroxylation sites is 1. The molecule has 0 saturated heterocycles. The summed E-state index contributed by atoms with van der Waals surface area (Å²) in [7, 11) is 0. The van der Waals surface area contributed by atoms with Crippen LogP contribution in [0, 0.1) is 11.8 Å². The van der Waals surface area contributed by atoms with Gasteiger partial charge < -0.3 is 0 Å². The zero-order valence-corrected chi connectivity index (χ0v) is 11.6. The monoisotopic (exact) mass is 288 g/mol. The van der Waals surface area contributed by atoms with Gasteiger partial charge in [-0.15, -0.1) is 0 Å². The molecule has 0 saturated carbocycles. The lowest BCUT2D eigenvalue weighted by Crippen LogP contribution is -2.20. The molecule has 2 aromatic carbocycles. The lowest BCUT2D eigenvalue weighted by atomic mass is 10.1. The Labute approximate surface area is 127 Å². The number of carbonyl (C=O) groups excluding carboxylic acids is 1. The number of rotatable bonds is 1. The summed E-state index contributed by atoms with van der Waals surface area (Å²) in [6.45, 7) is 0. The van der Waals surface area contributed by atoms with E-state index in [1.807, 2.05) is 48.5 Å². The number of carbonyl (C=O) groups is 1. The third-order valence-electron chi connectivity index (χ3n) is 3.17. The highest BCUT2D eigenvalue weighted by atomic mass is 16.5. The van der Waals surface area contributed by atoms with Crippen molar-refractivity contribution in [2.75, 3.05) is 0 Å². The van der Waals surface area contributed by atoms with Crippen LogP contribution in [0.1, 0.15) is 21.6 Å². The van der Waals surface area contributed by atoms with E-state index in [2.05, 4.69) is 16.8 Å². The lowest BCUT2D eigenvalue weighted by Gasteiger charge is -2.04. The lowest BCUT2D eigenvalue weighted by molar-refractivity contribution is 0.0701. The average Bonchev–Trinajstić information content (AvgIpc) is 2.59. The molecule has 1 amide bonds. The Balaban J connectivity index is 2.15. The molecule has 0 radical (unpaired) electrons. The van der Waals surface area contributed by atoms with E-state index in [0.717, 1.165) is 10.9 Å². The molecule has 0 atom stereocenters. The third-order valence-corrected chi connectivity index (χ3v) is 3.17. The van der Waals surface area contributed by atoms with Crippen LogP contribution >= 0.6 is 0 Å². The van der Waals surface area contributed by atoms with E-state index in [0.29, 0.717) is 11.1 Å². The molecule has 0 unspecified atom stereocenters. The predicted octanol–water partition coefficient (Wildman–Crippen LogP) is 2.75. The van der Waals surface area contributed by atoms with Gasteiger partial charge in [0.2, 0.25) is 0 Å². The van der Waals surface area contributed by atoms with Crippen molar-refractivity contribution in [1.29, 1.82) is 0 Å². The maximum Gasteiger partial charge on any atom is 0.293 e. The van der Waals surface area contributed by atoms with Gasteiger partial charge in [-0.2, -0.15) is 0 Å². The number of hydroxylamine groups is 1. The number of fused-ring (bicyclic) bond motifs is 1. The zero-order valence-electron chi connectivity index (χ0n) is 11.6. The van der Waals surface area contributed by atoms with Crippen LogP contribution in [-0.4, -0.2) is 16.1 Å². The summed E-state index contributed by atoms with van der Waals surface area (Å²) in [6, 6.07) is 18.6. The van der Waals surface area contributed by atoms with Crippen molar-refractivity contribution in [3.05, 3.63) is 77.5 Å². The first-order chi connectivity index (χ1) is 10.8. The van der Waals surface area contributed by atoms with Gasteiger partial charge in [0.05, 0.1) is 5.52 Å². The maximum absolute atomic E-state index is 11.6. The van der Waals surface area contributed by atoms with Gasteiger partial charge in [0, 0.05) is 16.5 Å². The van der Waals surface area contributed by atoms with Crippen LogP contribution in [-0.2, 0) is 0 Å². The van der Waals surface area contributed by atoms with Crippen molar-refractivity contribution in [3.8, 4) is 11.8 Å². The number of nitrogens with one attached hydrogen (secondary N) is 1. The molecule has 1 heterocycles. The fourth-order valence-electron chi connectivity index (χ4n) is 2.11. The summed E-state index contributed by atoms with van der Waals surface area (Å²) in [5.41, 5.74) is 3.95. The van der Waals surface area contributed by atoms with Crippen LogP contribution < -0.4 is 5.48 Å². The summed E-state index contributed by atoms with van der Waals surface area (Å²) in [5, 5.41) is 9.65. The second kappa shape index (κ2) is 6.08. The van der Waals surface area contributed by atoms with E-state index in [1.54, 1.807) is 17.6 Å². The van der Waals surface area contributed by atoms with E-state index >= 15 is 0 Å². The highest BCUT2D eigenvalue weighted by Crippen LogP contribution is 2.17. The average molecular weight is 288 g/mol. The first-order valence-electron chi connectivity index (χ1n) is 6.69. The number of benzene rings is 2. The molecule has 1 aromatic heterocycles. The largest absolute Gasteiger partial charge is 0.293 e. The van der Waals surface area contributed by atoms with Gasteiger partial charge in [0.15, 0.2) is 0 Å². The molecule has 22 heavy (non-hydrogen) atoms. The molecule has 3 aromatic rings. The SMILES string of the molecule is O=C(NO)c1cc(C#Cc2ccccc2)c2ccccc2n1. The van der Waals surface area contributed by atoms with Crippen molar-refractivity contribution in [1.82, 2.24) is 10.5 Å². The minimum absolute atomic E-state index is 0.124. The van der Waals surface area contributed by atoms with E-state index in [9.17, 15) is 4.79 Å². The highest BCUT2D eigenvalue weighted by Gasteiger charge is 2.10.